The van der Waals surface area contributed by atoms with E-state index in [1.54, 1.807) is 42.7 Å². The Labute approximate surface area is 120 Å². The molecule has 1 aromatic carbocycles. The summed E-state index contributed by atoms with van der Waals surface area (Å²) in [5.74, 6) is -0.336. The van der Waals surface area contributed by atoms with Crippen LogP contribution in [-0.4, -0.2) is 26.2 Å². The maximum atomic E-state index is 12.3. The number of aromatic hydroxyl groups is 1. The first kappa shape index (κ1) is 12.9. The number of para-hydroxylation sites is 2. The number of phenols is 1. The molecule has 2 aromatic heterocycles. The second-order valence-corrected chi connectivity index (χ2v) is 4.37. The zero-order valence-electron chi connectivity index (χ0n) is 10.9. The van der Waals surface area contributed by atoms with Gasteiger partial charge in [-0.05, 0) is 24.3 Å². The number of hydrogen-bond donors (Lipinski definition) is 3. The maximum Gasteiger partial charge on any atom is 0.259 e. The number of H-pyrrole nitrogens is 1. The van der Waals surface area contributed by atoms with Gasteiger partial charge in [-0.25, -0.2) is 0 Å². The SMILES string of the molecule is O=C(Nc1ccccc1O)c1cn[nH]c1-c1ccncc1. The average molecular weight is 280 g/mol. The fraction of sp³-hybridized carbons (Fsp3) is 0. The molecular formula is C15H12N4O2. The molecule has 0 aliphatic carbocycles. The summed E-state index contributed by atoms with van der Waals surface area (Å²) in [5, 5.41) is 19.1. The van der Waals surface area contributed by atoms with Gasteiger partial charge in [0.15, 0.2) is 0 Å². The molecule has 2 heterocycles. The van der Waals surface area contributed by atoms with Crippen molar-refractivity contribution < 1.29 is 9.90 Å². The minimum Gasteiger partial charge on any atom is -0.506 e. The zero-order valence-corrected chi connectivity index (χ0v) is 10.9. The highest BCUT2D eigenvalue weighted by atomic mass is 16.3. The number of hydrogen-bond acceptors (Lipinski definition) is 4. The van der Waals surface area contributed by atoms with Crippen LogP contribution in [0.15, 0.2) is 55.0 Å². The Morgan fingerprint density at radius 2 is 1.90 bits per heavy atom. The lowest BCUT2D eigenvalue weighted by atomic mass is 10.1. The number of benzene rings is 1. The Balaban J connectivity index is 1.90. The summed E-state index contributed by atoms with van der Waals surface area (Å²) in [5.41, 5.74) is 2.16. The van der Waals surface area contributed by atoms with Crippen LogP contribution in [0.4, 0.5) is 5.69 Å². The van der Waals surface area contributed by atoms with Gasteiger partial charge < -0.3 is 10.4 Å². The molecule has 104 valence electrons. The monoisotopic (exact) mass is 280 g/mol. The van der Waals surface area contributed by atoms with Gasteiger partial charge in [-0.15, -0.1) is 0 Å². The highest BCUT2D eigenvalue weighted by Crippen LogP contribution is 2.25. The largest absolute Gasteiger partial charge is 0.506 e. The van der Waals surface area contributed by atoms with E-state index in [1.165, 1.54) is 12.3 Å². The fourth-order valence-corrected chi connectivity index (χ4v) is 1.97. The lowest BCUT2D eigenvalue weighted by Crippen LogP contribution is -2.12. The average Bonchev–Trinajstić information content (AvgIpc) is 3.00. The predicted octanol–water partition coefficient (Wildman–Crippen LogP) is 2.43. The minimum atomic E-state index is -0.350. The van der Waals surface area contributed by atoms with E-state index in [0.29, 0.717) is 16.9 Å². The first-order valence-corrected chi connectivity index (χ1v) is 6.29. The number of amides is 1. The van der Waals surface area contributed by atoms with Crippen LogP contribution in [0.3, 0.4) is 0 Å². The van der Waals surface area contributed by atoms with Crippen molar-refractivity contribution in [1.82, 2.24) is 15.2 Å². The predicted molar refractivity (Wildman–Crippen MR) is 77.9 cm³/mol. The summed E-state index contributed by atoms with van der Waals surface area (Å²) >= 11 is 0. The van der Waals surface area contributed by atoms with E-state index in [0.717, 1.165) is 5.56 Å². The fourth-order valence-electron chi connectivity index (χ4n) is 1.97. The zero-order chi connectivity index (χ0) is 14.7. The van der Waals surface area contributed by atoms with Crippen LogP contribution >= 0.6 is 0 Å². The van der Waals surface area contributed by atoms with Crippen molar-refractivity contribution in [2.45, 2.75) is 0 Å². The Morgan fingerprint density at radius 1 is 1.14 bits per heavy atom. The molecule has 0 fully saturated rings. The van der Waals surface area contributed by atoms with Gasteiger partial charge in [-0.2, -0.15) is 5.10 Å². The molecule has 0 saturated heterocycles. The van der Waals surface area contributed by atoms with Gasteiger partial charge in [0.1, 0.15) is 5.75 Å². The van der Waals surface area contributed by atoms with Crippen LogP contribution in [0.2, 0.25) is 0 Å². The molecule has 6 nitrogen and oxygen atoms in total. The molecule has 0 unspecified atom stereocenters. The van der Waals surface area contributed by atoms with Crippen molar-refractivity contribution in [1.29, 1.82) is 0 Å². The molecule has 0 bridgehead atoms. The van der Waals surface area contributed by atoms with Crippen LogP contribution in [0.25, 0.3) is 11.3 Å². The van der Waals surface area contributed by atoms with Crippen LogP contribution < -0.4 is 5.32 Å². The topological polar surface area (TPSA) is 90.9 Å². The van der Waals surface area contributed by atoms with Crippen molar-refractivity contribution in [2.75, 3.05) is 5.32 Å². The number of nitrogens with one attached hydrogen (secondary N) is 2. The number of aromatic nitrogens is 3. The van der Waals surface area contributed by atoms with E-state index in [2.05, 4.69) is 20.5 Å². The van der Waals surface area contributed by atoms with E-state index in [-0.39, 0.29) is 11.7 Å². The van der Waals surface area contributed by atoms with Gasteiger partial charge in [0.05, 0.1) is 23.1 Å². The van der Waals surface area contributed by atoms with Crippen LogP contribution in [0.1, 0.15) is 10.4 Å². The number of rotatable bonds is 3. The van der Waals surface area contributed by atoms with Gasteiger partial charge >= 0.3 is 0 Å². The molecule has 1 amide bonds. The summed E-state index contributed by atoms with van der Waals surface area (Å²) in [6, 6.07) is 10.1. The van der Waals surface area contributed by atoms with Crippen molar-refractivity contribution >= 4 is 11.6 Å². The van der Waals surface area contributed by atoms with E-state index >= 15 is 0 Å². The molecule has 21 heavy (non-hydrogen) atoms. The molecule has 0 aliphatic heterocycles. The van der Waals surface area contributed by atoms with E-state index in [9.17, 15) is 9.90 Å². The molecule has 3 rings (SSSR count). The number of aromatic amines is 1. The Bertz CT molecular complexity index is 768. The smallest absolute Gasteiger partial charge is 0.259 e. The second-order valence-electron chi connectivity index (χ2n) is 4.37. The van der Waals surface area contributed by atoms with Crippen LogP contribution in [0, 0.1) is 0 Å². The summed E-state index contributed by atoms with van der Waals surface area (Å²) in [7, 11) is 0. The van der Waals surface area contributed by atoms with Gasteiger partial charge in [0.2, 0.25) is 0 Å². The summed E-state index contributed by atoms with van der Waals surface area (Å²) in [6.45, 7) is 0. The highest BCUT2D eigenvalue weighted by Gasteiger charge is 2.16. The number of nitrogens with zero attached hydrogens (tertiary/aromatic N) is 2. The molecule has 3 N–H and O–H groups in total. The highest BCUT2D eigenvalue weighted by molar-refractivity contribution is 6.08. The van der Waals surface area contributed by atoms with Crippen molar-refractivity contribution in [3.63, 3.8) is 0 Å². The standard InChI is InChI=1S/C15H12N4O2/c20-13-4-2-1-3-12(13)18-15(21)11-9-17-19-14(11)10-5-7-16-8-6-10/h1-9,20H,(H,17,19)(H,18,21). The number of pyridine rings is 1. The maximum absolute atomic E-state index is 12.3. The third kappa shape index (κ3) is 2.59. The minimum absolute atomic E-state index is 0.0137. The number of phenolic OH excluding ortho intramolecular Hbond substituents is 1. The lowest BCUT2D eigenvalue weighted by Gasteiger charge is -2.07. The van der Waals surface area contributed by atoms with Crippen molar-refractivity contribution in [2.24, 2.45) is 0 Å². The van der Waals surface area contributed by atoms with E-state index < -0.39 is 0 Å². The number of carbonyl (C=O) groups excluding carboxylic acids is 1. The first-order chi connectivity index (χ1) is 10.3. The molecule has 0 spiro atoms. The summed E-state index contributed by atoms with van der Waals surface area (Å²) < 4.78 is 0. The normalized spacial score (nSPS) is 10.3. The molecule has 0 aliphatic rings. The summed E-state index contributed by atoms with van der Waals surface area (Å²) in [4.78, 5) is 16.3. The van der Waals surface area contributed by atoms with Crippen molar-refractivity contribution in [3.8, 4) is 17.0 Å². The van der Waals surface area contributed by atoms with E-state index in [1.807, 2.05) is 0 Å². The number of carbonyl (C=O) groups is 1. The molecule has 0 radical (unpaired) electrons. The van der Waals surface area contributed by atoms with Crippen LogP contribution in [-0.2, 0) is 0 Å². The third-order valence-electron chi connectivity index (χ3n) is 3.01. The van der Waals surface area contributed by atoms with Crippen LogP contribution in [0.5, 0.6) is 5.75 Å². The second kappa shape index (κ2) is 5.46. The molecule has 0 atom stereocenters. The van der Waals surface area contributed by atoms with Gasteiger partial charge in [0.25, 0.3) is 5.91 Å². The first-order valence-electron chi connectivity index (χ1n) is 6.29. The van der Waals surface area contributed by atoms with Gasteiger partial charge in [-0.1, -0.05) is 12.1 Å². The Hall–Kier alpha value is -3.15. The molecular weight excluding hydrogens is 268 g/mol. The quantitative estimate of drug-likeness (QED) is 0.643. The summed E-state index contributed by atoms with van der Waals surface area (Å²) in [6.07, 6.45) is 4.73. The van der Waals surface area contributed by atoms with Gasteiger partial charge in [0, 0.05) is 18.0 Å². The Morgan fingerprint density at radius 3 is 2.67 bits per heavy atom. The molecule has 0 saturated carbocycles. The van der Waals surface area contributed by atoms with Gasteiger partial charge in [-0.3, -0.25) is 14.9 Å². The molecule has 3 aromatic rings. The molecule has 6 heteroatoms. The number of anilines is 1. The van der Waals surface area contributed by atoms with Crippen molar-refractivity contribution in [3.05, 3.63) is 60.6 Å². The lowest BCUT2D eigenvalue weighted by molar-refractivity contribution is 0.102. The van der Waals surface area contributed by atoms with E-state index in [4.69, 9.17) is 0 Å². The Kier molecular flexibility index (Phi) is 3.34. The third-order valence-corrected chi connectivity index (χ3v) is 3.01.